The monoisotopic (exact) mass is 455 g/mol. The molecule has 0 amide bonds. The van der Waals surface area contributed by atoms with E-state index in [9.17, 15) is 12.8 Å². The smallest absolute Gasteiger partial charge is 0.309 e. The second kappa shape index (κ2) is 8.98. The van der Waals surface area contributed by atoms with Crippen LogP contribution in [0, 0.1) is 5.82 Å². The van der Waals surface area contributed by atoms with Gasteiger partial charge in [0.15, 0.2) is 5.75 Å². The lowest BCUT2D eigenvalue weighted by molar-refractivity contribution is 0.274. The minimum Gasteiger partial charge on any atom is -0.471 e. The zero-order valence-electron chi connectivity index (χ0n) is 15.2. The van der Waals surface area contributed by atoms with E-state index in [0.29, 0.717) is 15.6 Å². The van der Waals surface area contributed by atoms with E-state index in [-0.39, 0.29) is 18.1 Å². The summed E-state index contributed by atoms with van der Waals surface area (Å²) in [7, 11) is -3.97. The third-order valence-electron chi connectivity index (χ3n) is 3.84. The van der Waals surface area contributed by atoms with Crippen LogP contribution in [0.25, 0.3) is 11.3 Å². The van der Waals surface area contributed by atoms with Crippen LogP contribution in [0.15, 0.2) is 54.6 Å². The van der Waals surface area contributed by atoms with E-state index in [2.05, 4.69) is 4.98 Å². The number of hydrogen-bond acceptors (Lipinski definition) is 5. The van der Waals surface area contributed by atoms with E-state index in [1.165, 1.54) is 19.1 Å². The zero-order chi connectivity index (χ0) is 21.0. The number of ether oxygens (including phenoxy) is 1. The quantitative estimate of drug-likeness (QED) is 0.439. The van der Waals surface area contributed by atoms with E-state index in [1.807, 2.05) is 18.2 Å². The SMILES string of the molecule is CCS(=O)(=O)Oc1cc(-c2cc(Cl)cc(Cl)c2)nc(OCc2ccccc2)c1F. The second-order valence-electron chi connectivity index (χ2n) is 5.99. The molecule has 0 radical (unpaired) electrons. The maximum atomic E-state index is 14.9. The number of nitrogens with zero attached hydrogens (tertiary/aromatic N) is 1. The zero-order valence-corrected chi connectivity index (χ0v) is 17.6. The van der Waals surface area contributed by atoms with Gasteiger partial charge in [0.2, 0.25) is 5.82 Å². The Hall–Kier alpha value is -2.35. The molecule has 0 aliphatic heterocycles. The van der Waals surface area contributed by atoms with Crippen molar-refractivity contribution in [2.75, 3.05) is 5.75 Å². The van der Waals surface area contributed by atoms with Gasteiger partial charge in [-0.05, 0) is 30.7 Å². The van der Waals surface area contributed by atoms with Gasteiger partial charge in [-0.2, -0.15) is 12.8 Å². The summed E-state index contributed by atoms with van der Waals surface area (Å²) in [5.74, 6) is -2.26. The van der Waals surface area contributed by atoms with Crippen molar-refractivity contribution in [2.45, 2.75) is 13.5 Å². The number of pyridine rings is 1. The molecule has 0 aliphatic carbocycles. The summed E-state index contributed by atoms with van der Waals surface area (Å²) in [6, 6.07) is 14.9. The molecular formula is C20H16Cl2FNO4S. The lowest BCUT2D eigenvalue weighted by atomic mass is 10.1. The summed E-state index contributed by atoms with van der Waals surface area (Å²) >= 11 is 12.1. The highest BCUT2D eigenvalue weighted by Crippen LogP contribution is 2.34. The molecule has 3 rings (SSSR count). The summed E-state index contributed by atoms with van der Waals surface area (Å²) in [5, 5.41) is 0.683. The van der Waals surface area contributed by atoms with Crippen LogP contribution in [0.5, 0.6) is 11.6 Å². The third-order valence-corrected chi connectivity index (χ3v) is 5.42. The predicted octanol–water partition coefficient (Wildman–Crippen LogP) is 5.50. The first-order chi connectivity index (χ1) is 13.8. The molecule has 2 aromatic carbocycles. The number of benzene rings is 2. The van der Waals surface area contributed by atoms with Crippen molar-refractivity contribution in [1.82, 2.24) is 4.98 Å². The fraction of sp³-hybridized carbons (Fsp3) is 0.150. The molecule has 0 fully saturated rings. The minimum atomic E-state index is -3.97. The maximum absolute atomic E-state index is 14.9. The van der Waals surface area contributed by atoms with Crippen molar-refractivity contribution < 1.29 is 21.7 Å². The molecule has 152 valence electrons. The Labute approximate surface area is 178 Å². The second-order valence-corrected chi connectivity index (χ2v) is 8.72. The standard InChI is InChI=1S/C20H16Cl2FNO4S/c1-2-29(25,26)28-18-11-17(14-8-15(21)10-16(22)9-14)24-20(19(18)23)27-12-13-6-4-3-5-7-13/h3-11H,2,12H2,1H3. The molecule has 0 aliphatic rings. The fourth-order valence-electron chi connectivity index (χ4n) is 2.41. The van der Waals surface area contributed by atoms with Crippen LogP contribution in [0.1, 0.15) is 12.5 Å². The molecule has 0 atom stereocenters. The van der Waals surface area contributed by atoms with Gasteiger partial charge in [0, 0.05) is 21.7 Å². The highest BCUT2D eigenvalue weighted by atomic mass is 35.5. The van der Waals surface area contributed by atoms with Crippen LogP contribution in [0.4, 0.5) is 4.39 Å². The molecule has 9 heteroatoms. The Balaban J connectivity index is 2.05. The molecule has 1 aromatic heterocycles. The lowest BCUT2D eigenvalue weighted by Gasteiger charge is -2.13. The molecule has 0 bridgehead atoms. The van der Waals surface area contributed by atoms with Gasteiger partial charge >= 0.3 is 10.1 Å². The summed E-state index contributed by atoms with van der Waals surface area (Å²) in [6.45, 7) is 1.42. The average Bonchev–Trinajstić information content (AvgIpc) is 2.68. The molecule has 0 saturated carbocycles. The molecule has 0 unspecified atom stereocenters. The van der Waals surface area contributed by atoms with Crippen LogP contribution in [-0.2, 0) is 16.7 Å². The Morgan fingerprint density at radius 3 is 2.31 bits per heavy atom. The van der Waals surface area contributed by atoms with E-state index < -0.39 is 27.6 Å². The first kappa shape index (κ1) is 21.4. The van der Waals surface area contributed by atoms with Gasteiger partial charge < -0.3 is 8.92 Å². The largest absolute Gasteiger partial charge is 0.471 e. The topological polar surface area (TPSA) is 65.5 Å². The molecule has 0 saturated heterocycles. The highest BCUT2D eigenvalue weighted by molar-refractivity contribution is 7.87. The van der Waals surface area contributed by atoms with Crippen molar-refractivity contribution >= 4 is 33.3 Å². The summed E-state index contributed by atoms with van der Waals surface area (Å²) in [6.07, 6.45) is 0. The van der Waals surface area contributed by atoms with Crippen molar-refractivity contribution in [1.29, 1.82) is 0 Å². The Morgan fingerprint density at radius 1 is 1.03 bits per heavy atom. The van der Waals surface area contributed by atoms with Crippen molar-refractivity contribution in [2.24, 2.45) is 0 Å². The van der Waals surface area contributed by atoms with Gasteiger partial charge in [0.25, 0.3) is 5.88 Å². The van der Waals surface area contributed by atoms with Crippen molar-refractivity contribution in [3.63, 3.8) is 0 Å². The molecule has 29 heavy (non-hydrogen) atoms. The van der Waals surface area contributed by atoms with Crippen LogP contribution < -0.4 is 8.92 Å². The predicted molar refractivity (Wildman–Crippen MR) is 111 cm³/mol. The summed E-state index contributed by atoms with van der Waals surface area (Å²) < 4.78 is 49.0. The first-order valence-electron chi connectivity index (χ1n) is 8.53. The van der Waals surface area contributed by atoms with Crippen LogP contribution in [0.3, 0.4) is 0 Å². The van der Waals surface area contributed by atoms with E-state index in [1.54, 1.807) is 24.3 Å². The first-order valence-corrected chi connectivity index (χ1v) is 10.9. The van der Waals surface area contributed by atoms with Crippen LogP contribution in [-0.4, -0.2) is 19.2 Å². The molecule has 1 heterocycles. The fourth-order valence-corrected chi connectivity index (χ4v) is 3.45. The summed E-state index contributed by atoms with van der Waals surface area (Å²) in [4.78, 5) is 4.17. The minimum absolute atomic E-state index is 0.0322. The Morgan fingerprint density at radius 2 is 1.69 bits per heavy atom. The van der Waals surface area contributed by atoms with Gasteiger partial charge in [-0.25, -0.2) is 4.98 Å². The van der Waals surface area contributed by atoms with Gasteiger partial charge in [-0.15, -0.1) is 0 Å². The molecule has 0 spiro atoms. The number of aromatic nitrogens is 1. The molecular weight excluding hydrogens is 440 g/mol. The molecule has 0 N–H and O–H groups in total. The number of halogens is 3. The number of hydrogen-bond donors (Lipinski definition) is 0. The molecule has 3 aromatic rings. The van der Waals surface area contributed by atoms with Gasteiger partial charge in [-0.3, -0.25) is 0 Å². The average molecular weight is 456 g/mol. The van der Waals surface area contributed by atoms with E-state index in [4.69, 9.17) is 32.1 Å². The summed E-state index contributed by atoms with van der Waals surface area (Å²) in [5.41, 5.74) is 1.43. The van der Waals surface area contributed by atoms with Crippen molar-refractivity contribution in [3.05, 3.63) is 76.0 Å². The Bertz CT molecular complexity index is 1100. The normalized spacial score (nSPS) is 11.3. The number of rotatable bonds is 7. The van der Waals surface area contributed by atoms with Crippen LogP contribution >= 0.6 is 23.2 Å². The van der Waals surface area contributed by atoms with Gasteiger partial charge in [-0.1, -0.05) is 53.5 Å². The van der Waals surface area contributed by atoms with Gasteiger partial charge in [0.05, 0.1) is 11.4 Å². The van der Waals surface area contributed by atoms with Crippen molar-refractivity contribution in [3.8, 4) is 22.9 Å². The van der Waals surface area contributed by atoms with Crippen LogP contribution in [0.2, 0.25) is 10.0 Å². The third kappa shape index (κ3) is 5.59. The van der Waals surface area contributed by atoms with E-state index >= 15 is 0 Å². The van der Waals surface area contributed by atoms with Gasteiger partial charge in [0.1, 0.15) is 6.61 Å². The van der Waals surface area contributed by atoms with E-state index in [0.717, 1.165) is 5.56 Å². The highest BCUT2D eigenvalue weighted by Gasteiger charge is 2.21. The maximum Gasteiger partial charge on any atom is 0.309 e. The Kier molecular flexibility index (Phi) is 6.62. The lowest BCUT2D eigenvalue weighted by Crippen LogP contribution is -2.13. The molecule has 5 nitrogen and oxygen atoms in total.